The molecule has 220 valence electrons. The number of aryl methyl sites for hydroxylation is 2. The topological polar surface area (TPSA) is 75.9 Å². The van der Waals surface area contributed by atoms with E-state index in [2.05, 4.69) is 32.2 Å². The first-order valence-corrected chi connectivity index (χ1v) is 14.7. The molecule has 1 aliphatic rings. The Kier molecular flexibility index (Phi) is 7.94. The molecule has 0 saturated carbocycles. The minimum atomic E-state index is -0.547. The third-order valence-corrected chi connectivity index (χ3v) is 8.49. The molecule has 1 aliphatic heterocycles. The number of aromatic nitrogens is 4. The number of pyridine rings is 2. The third-order valence-electron chi connectivity index (χ3n) is 8.18. The molecule has 0 unspecified atom stereocenters. The van der Waals surface area contributed by atoms with E-state index in [0.29, 0.717) is 45.1 Å². The van der Waals surface area contributed by atoms with Crippen LogP contribution in [0.3, 0.4) is 0 Å². The molecule has 7 nitrogen and oxygen atoms in total. The Hall–Kier alpha value is -4.21. The van der Waals surface area contributed by atoms with Crippen molar-refractivity contribution in [3.63, 3.8) is 0 Å². The minimum Gasteiger partial charge on any atom is -0.324 e. The van der Waals surface area contributed by atoms with E-state index in [9.17, 15) is 9.18 Å². The largest absolute Gasteiger partial charge is 0.324 e. The first-order chi connectivity index (χ1) is 20.7. The van der Waals surface area contributed by atoms with Gasteiger partial charge in [-0.1, -0.05) is 29.8 Å². The maximum absolute atomic E-state index is 15.1. The second-order valence-corrected chi connectivity index (χ2v) is 11.4. The van der Waals surface area contributed by atoms with Crippen molar-refractivity contribution in [2.45, 2.75) is 39.2 Å². The molecule has 1 saturated heterocycles. The number of nitrogens with zero attached hydrogens (tertiary/aromatic N) is 5. The number of nitrogens with one attached hydrogen (secondary N) is 1. The fourth-order valence-corrected chi connectivity index (χ4v) is 6.11. The highest BCUT2D eigenvalue weighted by Gasteiger charge is 2.22. The van der Waals surface area contributed by atoms with Crippen molar-refractivity contribution >= 4 is 34.3 Å². The number of fused-ring (bicyclic) bond motifs is 1. The van der Waals surface area contributed by atoms with Crippen LogP contribution in [0.1, 0.15) is 36.9 Å². The third kappa shape index (κ3) is 5.75. The predicted octanol–water partition coefficient (Wildman–Crippen LogP) is 7.33. The normalized spacial score (nSPS) is 14.4. The summed E-state index contributed by atoms with van der Waals surface area (Å²) in [7, 11) is 2.09. The summed E-state index contributed by atoms with van der Waals surface area (Å²) >= 11 is 6.69. The van der Waals surface area contributed by atoms with Crippen molar-refractivity contribution < 1.29 is 8.78 Å². The van der Waals surface area contributed by atoms with Gasteiger partial charge in [0, 0.05) is 51.2 Å². The number of likely N-dealkylation sites (tertiary alicyclic amines) is 1. The molecular weight excluding hydrogens is 570 g/mol. The summed E-state index contributed by atoms with van der Waals surface area (Å²) in [6.45, 7) is 5.89. The molecule has 0 spiro atoms. The van der Waals surface area contributed by atoms with Gasteiger partial charge in [0.05, 0.1) is 0 Å². The van der Waals surface area contributed by atoms with Crippen molar-refractivity contribution in [1.29, 1.82) is 0 Å². The first-order valence-electron chi connectivity index (χ1n) is 14.3. The van der Waals surface area contributed by atoms with Gasteiger partial charge in [-0.3, -0.25) is 9.36 Å². The zero-order valence-corrected chi connectivity index (χ0v) is 24.9. The lowest BCUT2D eigenvalue weighted by molar-refractivity contribution is 0.253. The predicted molar refractivity (Wildman–Crippen MR) is 167 cm³/mol. The van der Waals surface area contributed by atoms with Gasteiger partial charge in [-0.2, -0.15) is 9.37 Å². The van der Waals surface area contributed by atoms with E-state index in [1.165, 1.54) is 12.1 Å². The van der Waals surface area contributed by atoms with E-state index in [4.69, 9.17) is 11.6 Å². The number of rotatable bonds is 6. The van der Waals surface area contributed by atoms with Gasteiger partial charge in [0.15, 0.2) is 0 Å². The fourth-order valence-electron chi connectivity index (χ4n) is 5.83. The minimum absolute atomic E-state index is 0.212. The van der Waals surface area contributed by atoms with Crippen molar-refractivity contribution in [3.05, 3.63) is 99.2 Å². The first kappa shape index (κ1) is 28.9. The zero-order valence-electron chi connectivity index (χ0n) is 24.2. The van der Waals surface area contributed by atoms with E-state index in [0.717, 1.165) is 42.6 Å². The van der Waals surface area contributed by atoms with Gasteiger partial charge < -0.3 is 10.2 Å². The van der Waals surface area contributed by atoms with Crippen LogP contribution in [-0.4, -0.2) is 44.6 Å². The molecule has 4 heterocycles. The van der Waals surface area contributed by atoms with Gasteiger partial charge in [-0.15, -0.1) is 0 Å². The van der Waals surface area contributed by atoms with Crippen LogP contribution in [0.15, 0.2) is 65.6 Å². The van der Waals surface area contributed by atoms with Crippen LogP contribution in [0, 0.1) is 18.7 Å². The molecular formula is C33H31ClF2N6O. The van der Waals surface area contributed by atoms with Crippen molar-refractivity contribution in [2.24, 2.45) is 0 Å². The molecule has 5 aromatic rings. The number of piperidine rings is 1. The lowest BCUT2D eigenvalue weighted by Gasteiger charge is -2.29. The summed E-state index contributed by atoms with van der Waals surface area (Å²) in [5.74, 6) is -0.318. The van der Waals surface area contributed by atoms with Crippen molar-refractivity contribution in [3.8, 4) is 22.3 Å². The Labute approximate surface area is 253 Å². The van der Waals surface area contributed by atoms with Gasteiger partial charge in [0.25, 0.3) is 5.56 Å². The van der Waals surface area contributed by atoms with Crippen LogP contribution in [0.4, 0.5) is 20.4 Å². The Morgan fingerprint density at radius 3 is 2.44 bits per heavy atom. The Balaban J connectivity index is 1.30. The summed E-state index contributed by atoms with van der Waals surface area (Å²) in [4.78, 5) is 28.9. The second-order valence-electron chi connectivity index (χ2n) is 11.0. The maximum atomic E-state index is 15.1. The van der Waals surface area contributed by atoms with Crippen LogP contribution in [0.5, 0.6) is 0 Å². The van der Waals surface area contributed by atoms with Gasteiger partial charge in [0.1, 0.15) is 11.5 Å². The second kappa shape index (κ2) is 11.8. The van der Waals surface area contributed by atoms with E-state index >= 15 is 4.39 Å². The molecule has 0 bridgehead atoms. The average molecular weight is 601 g/mol. The monoisotopic (exact) mass is 600 g/mol. The molecule has 2 aromatic carbocycles. The SMILES string of the molecule is CCn1c(=O)c(-c2ccc(-c3ccc(F)nc3C)cc2Cl)cc2cnc(Nc3ccc(C4CCN(C)CC4)c(F)c3)nc21. The quantitative estimate of drug-likeness (QED) is 0.206. The molecule has 6 rings (SSSR count). The summed E-state index contributed by atoms with van der Waals surface area (Å²) < 4.78 is 30.2. The van der Waals surface area contributed by atoms with E-state index in [1.807, 2.05) is 25.1 Å². The molecule has 0 radical (unpaired) electrons. The van der Waals surface area contributed by atoms with Crippen molar-refractivity contribution in [2.75, 3.05) is 25.5 Å². The Bertz CT molecular complexity index is 1900. The van der Waals surface area contributed by atoms with Crippen LogP contribution in [0.2, 0.25) is 5.02 Å². The molecule has 0 aliphatic carbocycles. The van der Waals surface area contributed by atoms with Crippen molar-refractivity contribution in [1.82, 2.24) is 24.4 Å². The smallest absolute Gasteiger partial charge is 0.260 e. The highest BCUT2D eigenvalue weighted by Crippen LogP contribution is 2.34. The lowest BCUT2D eigenvalue weighted by atomic mass is 9.89. The molecule has 10 heteroatoms. The van der Waals surface area contributed by atoms with Gasteiger partial charge in [0.2, 0.25) is 11.9 Å². The number of hydrogen-bond donors (Lipinski definition) is 1. The number of hydrogen-bond acceptors (Lipinski definition) is 6. The van der Waals surface area contributed by atoms with Crippen LogP contribution >= 0.6 is 11.6 Å². The standard InChI is InChI=1S/C33H31ClF2N6O/c1-4-42-31-22(15-27(32(42)43)26-7-5-21(16-28(26)34)24-9-10-30(36)38-19(24)2)18-37-33(40-31)39-23-6-8-25(29(35)17-23)20-11-13-41(3)14-12-20/h5-10,15-18,20H,4,11-14H2,1-3H3,(H,37,39,40). The Morgan fingerprint density at radius 2 is 1.74 bits per heavy atom. The van der Waals surface area contributed by atoms with E-state index in [1.54, 1.807) is 42.0 Å². The molecule has 1 N–H and O–H groups in total. The zero-order chi connectivity index (χ0) is 30.2. The van der Waals surface area contributed by atoms with Gasteiger partial charge >= 0.3 is 0 Å². The molecule has 0 atom stereocenters. The maximum Gasteiger partial charge on any atom is 0.260 e. The molecule has 3 aromatic heterocycles. The number of halogens is 3. The summed E-state index contributed by atoms with van der Waals surface area (Å²) in [6, 6.07) is 15.2. The number of benzene rings is 2. The Morgan fingerprint density at radius 1 is 0.977 bits per heavy atom. The van der Waals surface area contributed by atoms with E-state index < -0.39 is 5.95 Å². The average Bonchev–Trinajstić information content (AvgIpc) is 2.98. The van der Waals surface area contributed by atoms with Crippen LogP contribution in [0.25, 0.3) is 33.3 Å². The van der Waals surface area contributed by atoms with Crippen LogP contribution < -0.4 is 10.9 Å². The molecule has 1 fully saturated rings. The summed E-state index contributed by atoms with van der Waals surface area (Å²) in [5, 5.41) is 4.13. The highest BCUT2D eigenvalue weighted by molar-refractivity contribution is 6.33. The summed E-state index contributed by atoms with van der Waals surface area (Å²) in [5.41, 5.74) is 4.52. The fraction of sp³-hybridized carbons (Fsp3) is 0.273. The van der Waals surface area contributed by atoms with E-state index in [-0.39, 0.29) is 23.2 Å². The number of anilines is 2. The molecule has 43 heavy (non-hydrogen) atoms. The summed E-state index contributed by atoms with van der Waals surface area (Å²) in [6.07, 6.45) is 3.51. The van der Waals surface area contributed by atoms with Gasteiger partial charge in [-0.05, 0) is 100 Å². The highest BCUT2D eigenvalue weighted by atomic mass is 35.5. The molecule has 0 amide bonds. The van der Waals surface area contributed by atoms with Gasteiger partial charge in [-0.25, -0.2) is 14.4 Å². The van der Waals surface area contributed by atoms with Crippen LogP contribution in [-0.2, 0) is 6.54 Å². The lowest BCUT2D eigenvalue weighted by Crippen LogP contribution is -2.29.